The number of rotatable bonds is 5. The second-order valence-electron chi connectivity index (χ2n) is 5.31. The number of ether oxygens (including phenoxy) is 1. The largest absolute Gasteiger partial charge is 0.490 e. The van der Waals surface area contributed by atoms with Gasteiger partial charge in [-0.2, -0.15) is 0 Å². The third-order valence-corrected chi connectivity index (χ3v) is 3.64. The Bertz CT molecular complexity index is 345. The first-order valence-corrected chi connectivity index (χ1v) is 7.21. The summed E-state index contributed by atoms with van der Waals surface area (Å²) in [7, 11) is 0. The minimum Gasteiger partial charge on any atom is -0.490 e. The topological polar surface area (TPSA) is 29.5 Å². The van der Waals surface area contributed by atoms with Crippen molar-refractivity contribution in [3.63, 3.8) is 0 Å². The van der Waals surface area contributed by atoms with E-state index < -0.39 is 0 Å². The van der Waals surface area contributed by atoms with Crippen molar-refractivity contribution in [3.8, 4) is 5.75 Å². The van der Waals surface area contributed by atoms with Gasteiger partial charge < -0.3 is 9.84 Å². The fourth-order valence-electron chi connectivity index (χ4n) is 2.54. The highest BCUT2D eigenvalue weighted by molar-refractivity contribution is 5.27. The number of aliphatic hydroxyl groups excluding tert-OH is 1. The minimum absolute atomic E-state index is 0.174. The Morgan fingerprint density at radius 2 is 2.00 bits per heavy atom. The van der Waals surface area contributed by atoms with E-state index in [4.69, 9.17) is 4.74 Å². The quantitative estimate of drug-likeness (QED) is 0.860. The van der Waals surface area contributed by atoms with Crippen LogP contribution in [0.3, 0.4) is 0 Å². The lowest BCUT2D eigenvalue weighted by Crippen LogP contribution is -2.28. The minimum atomic E-state index is -0.174. The fraction of sp³-hybridized carbons (Fsp3) is 0.625. The molecule has 0 aliphatic heterocycles. The number of benzene rings is 1. The average molecular weight is 248 g/mol. The van der Waals surface area contributed by atoms with Crippen molar-refractivity contribution in [2.75, 3.05) is 0 Å². The van der Waals surface area contributed by atoms with Crippen LogP contribution in [0.5, 0.6) is 5.75 Å². The third kappa shape index (κ3) is 4.02. The SMILES string of the molecule is CCCCc1ccc(OC2CCCC(O)C2)cc1. The summed E-state index contributed by atoms with van der Waals surface area (Å²) in [4.78, 5) is 0. The van der Waals surface area contributed by atoms with E-state index >= 15 is 0 Å². The molecule has 0 amide bonds. The molecule has 2 unspecified atom stereocenters. The Morgan fingerprint density at radius 3 is 2.67 bits per heavy atom. The molecule has 2 heteroatoms. The van der Waals surface area contributed by atoms with E-state index in [1.807, 2.05) is 0 Å². The molecule has 0 radical (unpaired) electrons. The van der Waals surface area contributed by atoms with Crippen LogP contribution in [-0.2, 0) is 6.42 Å². The molecule has 1 aromatic carbocycles. The molecule has 0 aromatic heterocycles. The Balaban J connectivity index is 1.85. The standard InChI is InChI=1S/C16H24O2/c1-2-3-5-13-8-10-15(11-9-13)18-16-7-4-6-14(17)12-16/h8-11,14,16-17H,2-7,12H2,1H3. The van der Waals surface area contributed by atoms with Gasteiger partial charge in [0, 0.05) is 6.42 Å². The normalized spacial score (nSPS) is 23.9. The molecule has 0 bridgehead atoms. The number of aryl methyl sites for hydroxylation is 1. The first kappa shape index (κ1) is 13.4. The summed E-state index contributed by atoms with van der Waals surface area (Å²) in [6.07, 6.45) is 7.48. The second kappa shape index (κ2) is 6.79. The van der Waals surface area contributed by atoms with Gasteiger partial charge in [-0.15, -0.1) is 0 Å². The van der Waals surface area contributed by atoms with Crippen LogP contribution < -0.4 is 4.74 Å². The number of aliphatic hydroxyl groups is 1. The molecule has 18 heavy (non-hydrogen) atoms. The molecule has 1 aliphatic carbocycles. The lowest BCUT2D eigenvalue weighted by atomic mass is 9.95. The molecule has 1 N–H and O–H groups in total. The lowest BCUT2D eigenvalue weighted by Gasteiger charge is -2.26. The van der Waals surface area contributed by atoms with Crippen LogP contribution in [-0.4, -0.2) is 17.3 Å². The van der Waals surface area contributed by atoms with Crippen molar-refractivity contribution in [3.05, 3.63) is 29.8 Å². The van der Waals surface area contributed by atoms with Crippen LogP contribution in [0, 0.1) is 0 Å². The van der Waals surface area contributed by atoms with Gasteiger partial charge in [0.1, 0.15) is 11.9 Å². The lowest BCUT2D eigenvalue weighted by molar-refractivity contribution is 0.0536. The second-order valence-corrected chi connectivity index (χ2v) is 5.31. The maximum Gasteiger partial charge on any atom is 0.119 e. The zero-order chi connectivity index (χ0) is 12.8. The summed E-state index contributed by atoms with van der Waals surface area (Å²) < 4.78 is 5.93. The summed E-state index contributed by atoms with van der Waals surface area (Å²) in [5.74, 6) is 0.939. The Kier molecular flexibility index (Phi) is 5.06. The Labute approximate surface area is 110 Å². The van der Waals surface area contributed by atoms with E-state index in [1.54, 1.807) is 0 Å². The van der Waals surface area contributed by atoms with Crippen molar-refractivity contribution in [1.29, 1.82) is 0 Å². The average Bonchev–Trinajstić information content (AvgIpc) is 2.38. The molecule has 0 saturated heterocycles. The van der Waals surface area contributed by atoms with Crippen LogP contribution >= 0.6 is 0 Å². The Morgan fingerprint density at radius 1 is 1.22 bits per heavy atom. The van der Waals surface area contributed by atoms with Crippen molar-refractivity contribution in [2.24, 2.45) is 0 Å². The summed E-state index contributed by atoms with van der Waals surface area (Å²) in [5.41, 5.74) is 1.38. The summed E-state index contributed by atoms with van der Waals surface area (Å²) in [6.45, 7) is 2.21. The van der Waals surface area contributed by atoms with Gasteiger partial charge in [-0.1, -0.05) is 25.5 Å². The fourth-order valence-corrected chi connectivity index (χ4v) is 2.54. The number of hydrogen-bond acceptors (Lipinski definition) is 2. The molecule has 1 aliphatic rings. The first-order chi connectivity index (χ1) is 8.78. The molecule has 1 fully saturated rings. The molecular weight excluding hydrogens is 224 g/mol. The first-order valence-electron chi connectivity index (χ1n) is 7.21. The van der Waals surface area contributed by atoms with Crippen molar-refractivity contribution in [2.45, 2.75) is 64.1 Å². The number of hydrogen-bond donors (Lipinski definition) is 1. The van der Waals surface area contributed by atoms with Gasteiger partial charge in [-0.05, 0) is 49.8 Å². The highest BCUT2D eigenvalue weighted by Gasteiger charge is 2.21. The third-order valence-electron chi connectivity index (χ3n) is 3.64. The van der Waals surface area contributed by atoms with E-state index in [0.29, 0.717) is 0 Å². The predicted molar refractivity (Wildman–Crippen MR) is 73.9 cm³/mol. The molecule has 100 valence electrons. The van der Waals surface area contributed by atoms with Gasteiger partial charge in [-0.25, -0.2) is 0 Å². The van der Waals surface area contributed by atoms with Crippen molar-refractivity contribution >= 4 is 0 Å². The van der Waals surface area contributed by atoms with E-state index in [1.165, 1.54) is 18.4 Å². The highest BCUT2D eigenvalue weighted by atomic mass is 16.5. The van der Waals surface area contributed by atoms with Crippen LogP contribution in [0.25, 0.3) is 0 Å². The summed E-state index contributed by atoms with van der Waals surface area (Å²) in [6, 6.07) is 8.44. The van der Waals surface area contributed by atoms with Gasteiger partial charge in [0.25, 0.3) is 0 Å². The van der Waals surface area contributed by atoms with E-state index in [9.17, 15) is 5.11 Å². The maximum atomic E-state index is 9.62. The molecule has 1 saturated carbocycles. The van der Waals surface area contributed by atoms with E-state index in [2.05, 4.69) is 31.2 Å². The molecule has 1 aromatic rings. The maximum absolute atomic E-state index is 9.62. The Hall–Kier alpha value is -1.02. The van der Waals surface area contributed by atoms with Crippen molar-refractivity contribution < 1.29 is 9.84 Å². The molecule has 2 nitrogen and oxygen atoms in total. The molecule has 2 atom stereocenters. The van der Waals surface area contributed by atoms with Crippen LogP contribution in [0.1, 0.15) is 51.0 Å². The van der Waals surface area contributed by atoms with Gasteiger partial charge in [-0.3, -0.25) is 0 Å². The molecule has 0 spiro atoms. The highest BCUT2D eigenvalue weighted by Crippen LogP contribution is 2.24. The van der Waals surface area contributed by atoms with Gasteiger partial charge in [0.15, 0.2) is 0 Å². The summed E-state index contributed by atoms with van der Waals surface area (Å²) >= 11 is 0. The zero-order valence-corrected chi connectivity index (χ0v) is 11.3. The molecule has 2 rings (SSSR count). The van der Waals surface area contributed by atoms with Crippen molar-refractivity contribution in [1.82, 2.24) is 0 Å². The van der Waals surface area contributed by atoms with Gasteiger partial charge in [0.05, 0.1) is 6.10 Å². The molecular formula is C16H24O2. The van der Waals surface area contributed by atoms with Gasteiger partial charge in [0.2, 0.25) is 0 Å². The predicted octanol–water partition coefficient (Wildman–Crippen LogP) is 3.71. The van der Waals surface area contributed by atoms with E-state index in [0.717, 1.165) is 37.9 Å². The molecule has 0 heterocycles. The van der Waals surface area contributed by atoms with Gasteiger partial charge >= 0.3 is 0 Å². The summed E-state index contributed by atoms with van der Waals surface area (Å²) in [5, 5.41) is 9.62. The smallest absolute Gasteiger partial charge is 0.119 e. The van der Waals surface area contributed by atoms with Crippen LogP contribution in [0.2, 0.25) is 0 Å². The number of unbranched alkanes of at least 4 members (excludes halogenated alkanes) is 1. The van der Waals surface area contributed by atoms with Crippen LogP contribution in [0.4, 0.5) is 0 Å². The monoisotopic (exact) mass is 248 g/mol. The zero-order valence-electron chi connectivity index (χ0n) is 11.3. The van der Waals surface area contributed by atoms with E-state index in [-0.39, 0.29) is 12.2 Å². The van der Waals surface area contributed by atoms with Crippen LogP contribution in [0.15, 0.2) is 24.3 Å².